The van der Waals surface area contributed by atoms with Crippen molar-refractivity contribution in [1.29, 1.82) is 0 Å². The molecule has 6 heteroatoms. The van der Waals surface area contributed by atoms with Crippen LogP contribution in [0, 0.1) is 0 Å². The second kappa shape index (κ2) is 5.73. The maximum atomic E-state index is 12.5. The van der Waals surface area contributed by atoms with Gasteiger partial charge in [0, 0.05) is 10.7 Å². The number of hydrogen-bond donors (Lipinski definition) is 1. The smallest absolute Gasteiger partial charge is 0.261 e. The number of aryl methyl sites for hydroxylation is 1. The fourth-order valence-corrected chi connectivity index (χ4v) is 3.77. The predicted molar refractivity (Wildman–Crippen MR) is 91.7 cm³/mol. The van der Waals surface area contributed by atoms with Crippen molar-refractivity contribution in [1.82, 2.24) is 0 Å². The van der Waals surface area contributed by atoms with Crippen LogP contribution in [0.25, 0.3) is 0 Å². The Bertz CT molecular complexity index is 829. The van der Waals surface area contributed by atoms with Gasteiger partial charge in [-0.25, -0.2) is 8.42 Å². The zero-order chi connectivity index (χ0) is 16.7. The van der Waals surface area contributed by atoms with E-state index in [1.54, 1.807) is 42.5 Å². The molecule has 23 heavy (non-hydrogen) atoms. The molecular formula is C17H18ClNO3S. The van der Waals surface area contributed by atoms with Gasteiger partial charge in [0.05, 0.1) is 4.90 Å². The largest absolute Gasteiger partial charge is 0.488 e. The minimum atomic E-state index is -3.64. The molecule has 1 aliphatic rings. The van der Waals surface area contributed by atoms with Crippen molar-refractivity contribution in [2.45, 2.75) is 37.2 Å². The highest BCUT2D eigenvalue weighted by Crippen LogP contribution is 2.34. The third kappa shape index (κ3) is 3.62. The molecule has 122 valence electrons. The van der Waals surface area contributed by atoms with Crippen molar-refractivity contribution in [2.75, 3.05) is 4.72 Å². The zero-order valence-corrected chi connectivity index (χ0v) is 14.5. The summed E-state index contributed by atoms with van der Waals surface area (Å²) in [5.74, 6) is 0.756. The molecule has 0 unspecified atom stereocenters. The molecule has 2 aromatic carbocycles. The van der Waals surface area contributed by atoms with Crippen LogP contribution in [0.15, 0.2) is 47.4 Å². The summed E-state index contributed by atoms with van der Waals surface area (Å²) in [7, 11) is -3.64. The van der Waals surface area contributed by atoms with Crippen molar-refractivity contribution in [3.63, 3.8) is 0 Å². The quantitative estimate of drug-likeness (QED) is 0.899. The van der Waals surface area contributed by atoms with E-state index in [0.29, 0.717) is 10.7 Å². The molecule has 1 heterocycles. The van der Waals surface area contributed by atoms with Gasteiger partial charge in [-0.15, -0.1) is 0 Å². The molecule has 0 aliphatic carbocycles. The van der Waals surface area contributed by atoms with Crippen LogP contribution in [0.1, 0.15) is 25.8 Å². The minimum absolute atomic E-state index is 0.213. The lowest BCUT2D eigenvalue weighted by Crippen LogP contribution is -2.32. The molecule has 3 rings (SSSR count). The summed E-state index contributed by atoms with van der Waals surface area (Å²) < 4.78 is 33.5. The maximum absolute atomic E-state index is 12.5. The first-order valence-corrected chi connectivity index (χ1v) is 9.22. The Labute approximate surface area is 141 Å². The molecule has 0 saturated carbocycles. The molecule has 0 fully saturated rings. The number of nitrogens with one attached hydrogen (secondary N) is 1. The molecule has 2 aromatic rings. The molecule has 1 N–H and O–H groups in total. The summed E-state index contributed by atoms with van der Waals surface area (Å²) in [5, 5.41) is 0.557. The lowest BCUT2D eigenvalue weighted by atomic mass is 9.94. The molecule has 0 atom stereocenters. The van der Waals surface area contributed by atoms with Gasteiger partial charge in [-0.05, 0) is 74.7 Å². The minimum Gasteiger partial charge on any atom is -0.488 e. The third-order valence-electron chi connectivity index (χ3n) is 3.82. The molecular weight excluding hydrogens is 334 g/mol. The van der Waals surface area contributed by atoms with E-state index in [1.807, 2.05) is 13.8 Å². The second-order valence-electron chi connectivity index (χ2n) is 6.24. The van der Waals surface area contributed by atoms with Crippen LogP contribution in [0.3, 0.4) is 0 Å². The number of rotatable bonds is 3. The standard InChI is InChI=1S/C17H18ClNO3S/c1-17(2)10-9-12-11-15(7-8-16(12)22-17)23(20,21)19-14-5-3-13(18)4-6-14/h3-8,11,19H,9-10H2,1-2H3. The average Bonchev–Trinajstić information content (AvgIpc) is 2.48. The average molecular weight is 352 g/mol. The van der Waals surface area contributed by atoms with Crippen LogP contribution in [0.2, 0.25) is 5.02 Å². The maximum Gasteiger partial charge on any atom is 0.261 e. The van der Waals surface area contributed by atoms with E-state index in [0.717, 1.165) is 24.2 Å². The number of ether oxygens (including phenoxy) is 1. The number of halogens is 1. The molecule has 0 radical (unpaired) electrons. The molecule has 0 amide bonds. The summed E-state index contributed by atoms with van der Waals surface area (Å²) in [6.07, 6.45) is 1.65. The van der Waals surface area contributed by atoms with E-state index in [-0.39, 0.29) is 10.5 Å². The lowest BCUT2D eigenvalue weighted by Gasteiger charge is -2.32. The van der Waals surface area contributed by atoms with Crippen LogP contribution in [0.5, 0.6) is 5.75 Å². The lowest BCUT2D eigenvalue weighted by molar-refractivity contribution is 0.0845. The van der Waals surface area contributed by atoms with E-state index in [9.17, 15) is 8.42 Å². The van der Waals surface area contributed by atoms with E-state index < -0.39 is 10.0 Å². The summed E-state index contributed by atoms with van der Waals surface area (Å²) in [4.78, 5) is 0.231. The number of sulfonamides is 1. The first-order valence-electron chi connectivity index (χ1n) is 7.36. The number of anilines is 1. The van der Waals surface area contributed by atoms with Gasteiger partial charge in [0.2, 0.25) is 0 Å². The molecule has 0 saturated heterocycles. The Kier molecular flexibility index (Phi) is 4.02. The normalized spacial score (nSPS) is 16.3. The van der Waals surface area contributed by atoms with Gasteiger partial charge in [-0.1, -0.05) is 11.6 Å². The SMILES string of the molecule is CC1(C)CCc2cc(S(=O)(=O)Nc3ccc(Cl)cc3)ccc2O1. The highest BCUT2D eigenvalue weighted by atomic mass is 35.5. The Morgan fingerprint density at radius 3 is 2.52 bits per heavy atom. The zero-order valence-electron chi connectivity index (χ0n) is 13.0. The van der Waals surface area contributed by atoms with E-state index in [1.165, 1.54) is 0 Å². The van der Waals surface area contributed by atoms with E-state index in [4.69, 9.17) is 16.3 Å². The van der Waals surface area contributed by atoms with E-state index in [2.05, 4.69) is 4.72 Å². The first-order chi connectivity index (χ1) is 10.8. The van der Waals surface area contributed by atoms with Crippen molar-refractivity contribution in [3.8, 4) is 5.75 Å². The molecule has 0 bridgehead atoms. The van der Waals surface area contributed by atoms with Crippen molar-refractivity contribution in [3.05, 3.63) is 53.1 Å². The van der Waals surface area contributed by atoms with E-state index >= 15 is 0 Å². The van der Waals surface area contributed by atoms with Gasteiger partial charge in [0.1, 0.15) is 11.4 Å². The summed E-state index contributed by atoms with van der Waals surface area (Å²) >= 11 is 5.81. The second-order valence-corrected chi connectivity index (χ2v) is 8.36. The summed E-state index contributed by atoms with van der Waals surface area (Å²) in [6, 6.07) is 11.5. The summed E-state index contributed by atoms with van der Waals surface area (Å²) in [6.45, 7) is 4.06. The van der Waals surface area contributed by atoms with Gasteiger partial charge < -0.3 is 4.74 Å². The van der Waals surface area contributed by atoms with Crippen LogP contribution < -0.4 is 9.46 Å². The fourth-order valence-electron chi connectivity index (χ4n) is 2.53. The molecule has 1 aliphatic heterocycles. The monoisotopic (exact) mass is 351 g/mol. The Morgan fingerprint density at radius 2 is 1.83 bits per heavy atom. The van der Waals surface area contributed by atoms with Crippen LogP contribution in [-0.2, 0) is 16.4 Å². The molecule has 0 aromatic heterocycles. The Balaban J connectivity index is 1.88. The molecule has 4 nitrogen and oxygen atoms in total. The van der Waals surface area contributed by atoms with Gasteiger partial charge >= 0.3 is 0 Å². The van der Waals surface area contributed by atoms with Crippen LogP contribution in [-0.4, -0.2) is 14.0 Å². The van der Waals surface area contributed by atoms with Crippen molar-refractivity contribution >= 4 is 27.3 Å². The number of benzene rings is 2. The van der Waals surface area contributed by atoms with Gasteiger partial charge in [-0.2, -0.15) is 0 Å². The molecule has 0 spiro atoms. The topological polar surface area (TPSA) is 55.4 Å². The summed E-state index contributed by atoms with van der Waals surface area (Å²) in [5.41, 5.74) is 1.18. The predicted octanol–water partition coefficient (Wildman–Crippen LogP) is 4.24. The van der Waals surface area contributed by atoms with Gasteiger partial charge in [0.25, 0.3) is 10.0 Å². The van der Waals surface area contributed by atoms with Crippen molar-refractivity contribution < 1.29 is 13.2 Å². The Morgan fingerprint density at radius 1 is 1.13 bits per heavy atom. The number of fused-ring (bicyclic) bond motifs is 1. The van der Waals surface area contributed by atoms with Crippen LogP contribution in [0.4, 0.5) is 5.69 Å². The first kappa shape index (κ1) is 16.1. The number of hydrogen-bond acceptors (Lipinski definition) is 3. The van der Waals surface area contributed by atoms with Crippen molar-refractivity contribution in [2.24, 2.45) is 0 Å². The van der Waals surface area contributed by atoms with Gasteiger partial charge in [0.15, 0.2) is 0 Å². The highest BCUT2D eigenvalue weighted by Gasteiger charge is 2.27. The highest BCUT2D eigenvalue weighted by molar-refractivity contribution is 7.92. The fraction of sp³-hybridized carbons (Fsp3) is 0.294. The third-order valence-corrected chi connectivity index (χ3v) is 5.45. The van der Waals surface area contributed by atoms with Gasteiger partial charge in [-0.3, -0.25) is 4.72 Å². The van der Waals surface area contributed by atoms with Crippen LogP contribution >= 0.6 is 11.6 Å². The Hall–Kier alpha value is -1.72.